The first kappa shape index (κ1) is 12.1. The number of hydrogen-bond donors (Lipinski definition) is 2. The smallest absolute Gasteiger partial charge is 0.313 e. The fourth-order valence-corrected chi connectivity index (χ4v) is 2.55. The van der Waals surface area contributed by atoms with Crippen LogP contribution in [0.2, 0.25) is 0 Å². The highest BCUT2D eigenvalue weighted by atomic mass is 19.1. The Morgan fingerprint density at radius 1 is 1.33 bits per heavy atom. The van der Waals surface area contributed by atoms with Gasteiger partial charge < -0.3 is 4.98 Å². The van der Waals surface area contributed by atoms with Crippen LogP contribution in [0.3, 0.4) is 0 Å². The summed E-state index contributed by atoms with van der Waals surface area (Å²) < 4.78 is 15.3. The second-order valence-corrected chi connectivity index (χ2v) is 5.20. The first-order chi connectivity index (χ1) is 10.1. The number of aromatic nitrogens is 4. The van der Waals surface area contributed by atoms with Gasteiger partial charge in [0.25, 0.3) is 5.56 Å². The largest absolute Gasteiger partial charge is 0.325 e. The lowest BCUT2D eigenvalue weighted by Crippen LogP contribution is -2.23. The summed E-state index contributed by atoms with van der Waals surface area (Å²) in [6.45, 7) is 0. The van der Waals surface area contributed by atoms with E-state index < -0.39 is 11.2 Å². The molecule has 0 aliphatic heterocycles. The third kappa shape index (κ3) is 1.89. The van der Waals surface area contributed by atoms with Crippen LogP contribution in [0.4, 0.5) is 4.39 Å². The van der Waals surface area contributed by atoms with Gasteiger partial charge in [-0.05, 0) is 36.5 Å². The number of hydrogen-bond acceptors (Lipinski definition) is 3. The van der Waals surface area contributed by atoms with E-state index in [1.807, 2.05) is 0 Å². The monoisotopic (exact) mass is 286 g/mol. The van der Waals surface area contributed by atoms with E-state index in [1.54, 1.807) is 6.07 Å². The maximum absolute atomic E-state index is 13.9. The highest BCUT2D eigenvalue weighted by molar-refractivity contribution is 5.66. The number of H-pyrrole nitrogens is 2. The standard InChI is InChI=1S/C14H11FN4O2/c15-10-3-4-19-12(10)8(7-1-2-7)5-11(18-19)9-6-16-14(21)17-13(9)20/h3-7H,1-2H2,(H2,16,17,20,21). The molecule has 0 spiro atoms. The summed E-state index contributed by atoms with van der Waals surface area (Å²) in [7, 11) is 0. The Bertz CT molecular complexity index is 965. The Morgan fingerprint density at radius 3 is 2.86 bits per heavy atom. The van der Waals surface area contributed by atoms with E-state index in [1.165, 1.54) is 23.0 Å². The maximum atomic E-state index is 13.9. The number of halogens is 1. The molecule has 1 saturated carbocycles. The average molecular weight is 286 g/mol. The molecule has 7 heteroatoms. The number of rotatable bonds is 2. The highest BCUT2D eigenvalue weighted by Crippen LogP contribution is 2.43. The minimum atomic E-state index is -0.570. The van der Waals surface area contributed by atoms with Gasteiger partial charge in [0, 0.05) is 12.4 Å². The predicted octanol–water partition coefficient (Wildman–Crippen LogP) is 1.39. The molecule has 4 rings (SSSR count). The molecule has 0 unspecified atom stereocenters. The molecular formula is C14H11FN4O2. The van der Waals surface area contributed by atoms with Crippen LogP contribution >= 0.6 is 0 Å². The van der Waals surface area contributed by atoms with Crippen LogP contribution in [-0.2, 0) is 0 Å². The highest BCUT2D eigenvalue weighted by Gasteiger charge is 2.28. The minimum Gasteiger partial charge on any atom is -0.313 e. The summed E-state index contributed by atoms with van der Waals surface area (Å²) >= 11 is 0. The Kier molecular flexibility index (Phi) is 2.38. The zero-order valence-corrected chi connectivity index (χ0v) is 10.9. The van der Waals surface area contributed by atoms with Crippen LogP contribution < -0.4 is 11.2 Å². The quantitative estimate of drug-likeness (QED) is 0.747. The van der Waals surface area contributed by atoms with Crippen molar-refractivity contribution in [2.45, 2.75) is 18.8 Å². The Morgan fingerprint density at radius 2 is 2.14 bits per heavy atom. The van der Waals surface area contributed by atoms with Crippen molar-refractivity contribution in [1.82, 2.24) is 19.6 Å². The van der Waals surface area contributed by atoms with Crippen molar-refractivity contribution in [2.75, 3.05) is 0 Å². The minimum absolute atomic E-state index is 0.257. The molecule has 106 valence electrons. The van der Waals surface area contributed by atoms with Gasteiger partial charge in [-0.15, -0.1) is 0 Å². The first-order valence-electron chi connectivity index (χ1n) is 6.63. The van der Waals surface area contributed by atoms with Crippen molar-refractivity contribution in [1.29, 1.82) is 0 Å². The summed E-state index contributed by atoms with van der Waals surface area (Å²) in [6, 6.07) is 3.09. The SMILES string of the molecule is O=c1[nH]cc(-c2cc(C3CC3)c3c(F)ccn3n2)c(=O)[nH]1. The molecule has 3 aromatic heterocycles. The van der Waals surface area contributed by atoms with E-state index >= 15 is 0 Å². The van der Waals surface area contributed by atoms with Gasteiger partial charge in [-0.3, -0.25) is 9.78 Å². The van der Waals surface area contributed by atoms with Gasteiger partial charge in [0.05, 0.1) is 11.3 Å². The molecule has 1 aliphatic rings. The maximum Gasteiger partial charge on any atom is 0.325 e. The lowest BCUT2D eigenvalue weighted by molar-refractivity contribution is 0.637. The molecule has 6 nitrogen and oxygen atoms in total. The fraction of sp³-hybridized carbons (Fsp3) is 0.214. The van der Waals surface area contributed by atoms with Gasteiger partial charge in [0.2, 0.25) is 0 Å². The van der Waals surface area contributed by atoms with E-state index in [4.69, 9.17) is 0 Å². The normalized spacial score (nSPS) is 14.7. The Hall–Kier alpha value is -2.70. The van der Waals surface area contributed by atoms with Crippen molar-refractivity contribution >= 4 is 5.52 Å². The molecule has 3 aromatic rings. The molecule has 0 bridgehead atoms. The lowest BCUT2D eigenvalue weighted by atomic mass is 10.1. The number of aromatic amines is 2. The Labute approximate surface area is 117 Å². The van der Waals surface area contributed by atoms with Crippen molar-refractivity contribution < 1.29 is 4.39 Å². The van der Waals surface area contributed by atoms with E-state index in [0.29, 0.717) is 17.1 Å². The second kappa shape index (κ2) is 4.15. The zero-order valence-electron chi connectivity index (χ0n) is 10.9. The first-order valence-corrected chi connectivity index (χ1v) is 6.63. The number of fused-ring (bicyclic) bond motifs is 1. The number of nitrogens with one attached hydrogen (secondary N) is 2. The van der Waals surface area contributed by atoms with Gasteiger partial charge >= 0.3 is 5.69 Å². The van der Waals surface area contributed by atoms with Gasteiger partial charge in [0.15, 0.2) is 5.82 Å². The summed E-state index contributed by atoms with van der Waals surface area (Å²) in [5.41, 5.74) is 0.902. The molecule has 0 amide bonds. The van der Waals surface area contributed by atoms with E-state index in [-0.39, 0.29) is 11.4 Å². The van der Waals surface area contributed by atoms with E-state index in [2.05, 4.69) is 15.1 Å². The summed E-state index contributed by atoms with van der Waals surface area (Å²) in [5, 5.41) is 4.26. The molecule has 0 atom stereocenters. The number of nitrogens with zero attached hydrogens (tertiary/aromatic N) is 2. The third-order valence-electron chi connectivity index (χ3n) is 3.71. The molecule has 21 heavy (non-hydrogen) atoms. The van der Waals surface area contributed by atoms with Crippen LogP contribution in [-0.4, -0.2) is 19.6 Å². The van der Waals surface area contributed by atoms with Crippen LogP contribution in [0.5, 0.6) is 0 Å². The molecule has 0 radical (unpaired) electrons. The van der Waals surface area contributed by atoms with Crippen molar-refractivity contribution in [2.24, 2.45) is 0 Å². The van der Waals surface area contributed by atoms with Crippen LogP contribution in [0.25, 0.3) is 16.8 Å². The summed E-state index contributed by atoms with van der Waals surface area (Å²) in [5.74, 6) is -0.00757. The molecule has 1 fully saturated rings. The van der Waals surface area contributed by atoms with Crippen molar-refractivity contribution in [3.8, 4) is 11.3 Å². The second-order valence-electron chi connectivity index (χ2n) is 5.20. The average Bonchev–Trinajstić information content (AvgIpc) is 3.23. The fourth-order valence-electron chi connectivity index (χ4n) is 2.55. The predicted molar refractivity (Wildman–Crippen MR) is 73.8 cm³/mol. The molecule has 0 aromatic carbocycles. The topological polar surface area (TPSA) is 83.0 Å². The zero-order chi connectivity index (χ0) is 14.6. The molecule has 1 aliphatic carbocycles. The molecule has 3 heterocycles. The molecule has 0 saturated heterocycles. The molecule has 2 N–H and O–H groups in total. The van der Waals surface area contributed by atoms with Gasteiger partial charge in [-0.1, -0.05) is 0 Å². The van der Waals surface area contributed by atoms with Crippen molar-refractivity contribution in [3.05, 3.63) is 56.7 Å². The van der Waals surface area contributed by atoms with Crippen LogP contribution in [0, 0.1) is 5.82 Å². The van der Waals surface area contributed by atoms with E-state index in [0.717, 1.165) is 18.4 Å². The lowest BCUT2D eigenvalue weighted by Gasteiger charge is -2.07. The van der Waals surface area contributed by atoms with Crippen LogP contribution in [0.1, 0.15) is 24.3 Å². The molecular weight excluding hydrogens is 275 g/mol. The summed E-state index contributed by atoms with van der Waals surface area (Å²) in [4.78, 5) is 27.6. The van der Waals surface area contributed by atoms with Gasteiger partial charge in [0.1, 0.15) is 5.52 Å². The van der Waals surface area contributed by atoms with Crippen LogP contribution in [0.15, 0.2) is 34.1 Å². The third-order valence-corrected chi connectivity index (χ3v) is 3.71. The van der Waals surface area contributed by atoms with Gasteiger partial charge in [-0.25, -0.2) is 13.7 Å². The van der Waals surface area contributed by atoms with E-state index in [9.17, 15) is 14.0 Å². The summed E-state index contributed by atoms with van der Waals surface area (Å²) in [6.07, 6.45) is 4.86. The van der Waals surface area contributed by atoms with Crippen molar-refractivity contribution in [3.63, 3.8) is 0 Å². The Balaban J connectivity index is 2.01. The van der Waals surface area contributed by atoms with Gasteiger partial charge in [-0.2, -0.15) is 5.10 Å².